The van der Waals surface area contributed by atoms with E-state index in [4.69, 9.17) is 25.5 Å². The largest absolute Gasteiger partial charge is 0.454 e. The van der Waals surface area contributed by atoms with E-state index in [9.17, 15) is 4.79 Å². The zero-order valence-corrected chi connectivity index (χ0v) is 26.9. The maximum Gasteiger partial charge on any atom is 0.236 e. The van der Waals surface area contributed by atoms with Crippen LogP contribution in [-0.2, 0) is 14.6 Å². The molecule has 3 heterocycles. The van der Waals surface area contributed by atoms with Crippen molar-refractivity contribution in [1.29, 1.82) is 0 Å². The molecule has 218 valence electrons. The number of nitrogens with zero attached hydrogens (tertiary/aromatic N) is 2. The van der Waals surface area contributed by atoms with E-state index in [1.54, 1.807) is 0 Å². The SMILES string of the molecule is CC(C)(C)[Si](C)(C)O[C@H]1CCN([C@@H](c2cnc(NC(=O)C3(c4ccc5c(c4)OCO5)CC3)s2)c2ccccc2Cl)C1. The molecule has 41 heavy (non-hydrogen) atoms. The number of thiazole rings is 1. The van der Waals surface area contributed by atoms with Crippen molar-refractivity contribution < 1.29 is 18.7 Å². The van der Waals surface area contributed by atoms with Crippen LogP contribution in [0.15, 0.2) is 48.7 Å². The number of carbonyl (C=O) groups is 1. The van der Waals surface area contributed by atoms with Crippen molar-refractivity contribution >= 4 is 42.3 Å². The van der Waals surface area contributed by atoms with E-state index >= 15 is 0 Å². The Labute approximate surface area is 252 Å². The fourth-order valence-corrected chi connectivity index (χ4v) is 8.14. The second-order valence-electron chi connectivity index (χ2n) is 12.9. The Bertz CT molecular complexity index is 1450. The lowest BCUT2D eigenvalue weighted by Gasteiger charge is -2.38. The third-order valence-electron chi connectivity index (χ3n) is 9.13. The van der Waals surface area contributed by atoms with Crippen LogP contribution in [0.4, 0.5) is 5.13 Å². The Morgan fingerprint density at radius 3 is 2.68 bits per heavy atom. The van der Waals surface area contributed by atoms with Gasteiger partial charge in [0.15, 0.2) is 24.9 Å². The van der Waals surface area contributed by atoms with Gasteiger partial charge in [-0.1, -0.05) is 68.0 Å². The van der Waals surface area contributed by atoms with E-state index < -0.39 is 13.7 Å². The number of rotatable bonds is 8. The highest BCUT2D eigenvalue weighted by atomic mass is 35.5. The first-order valence-electron chi connectivity index (χ1n) is 14.3. The maximum absolute atomic E-state index is 13.6. The number of anilines is 1. The second-order valence-corrected chi connectivity index (χ2v) is 19.1. The predicted molar refractivity (Wildman–Crippen MR) is 166 cm³/mol. The number of hydrogen-bond acceptors (Lipinski definition) is 7. The normalized spacial score (nSPS) is 20.7. The third-order valence-corrected chi connectivity index (χ3v) is 15.0. The highest BCUT2D eigenvalue weighted by Gasteiger charge is 2.52. The molecule has 1 aromatic heterocycles. The molecule has 1 saturated heterocycles. The molecule has 0 bridgehead atoms. The van der Waals surface area contributed by atoms with Gasteiger partial charge < -0.3 is 19.2 Å². The number of nitrogens with one attached hydrogen (secondary N) is 1. The summed E-state index contributed by atoms with van der Waals surface area (Å²) in [4.78, 5) is 21.7. The van der Waals surface area contributed by atoms with Crippen molar-refractivity contribution in [2.45, 2.75) is 75.7 Å². The summed E-state index contributed by atoms with van der Waals surface area (Å²) < 4.78 is 17.8. The molecule has 7 nitrogen and oxygen atoms in total. The number of likely N-dealkylation sites (tertiary alicyclic amines) is 1. The summed E-state index contributed by atoms with van der Waals surface area (Å²) in [6.45, 7) is 13.4. The molecule has 0 unspecified atom stereocenters. The van der Waals surface area contributed by atoms with Gasteiger partial charge in [-0.2, -0.15) is 0 Å². The maximum atomic E-state index is 13.6. The average Bonchev–Trinajstić information content (AvgIpc) is 3.21. The van der Waals surface area contributed by atoms with Gasteiger partial charge in [-0.15, -0.1) is 0 Å². The summed E-state index contributed by atoms with van der Waals surface area (Å²) in [5.41, 5.74) is 1.44. The molecule has 1 N–H and O–H groups in total. The van der Waals surface area contributed by atoms with E-state index in [0.29, 0.717) is 10.9 Å². The summed E-state index contributed by atoms with van der Waals surface area (Å²) >= 11 is 8.28. The molecule has 3 aromatic rings. The van der Waals surface area contributed by atoms with Crippen molar-refractivity contribution in [2.75, 3.05) is 25.2 Å². The van der Waals surface area contributed by atoms with Crippen LogP contribution in [-0.4, -0.2) is 50.1 Å². The molecule has 1 amide bonds. The zero-order valence-electron chi connectivity index (χ0n) is 24.3. The first-order chi connectivity index (χ1) is 19.5. The molecule has 0 radical (unpaired) electrons. The van der Waals surface area contributed by atoms with Crippen LogP contribution in [0.25, 0.3) is 0 Å². The molecular formula is C31H38ClN3O4SSi. The standard InChI is InChI=1S/C31H38ClN3O4SSi/c1-30(2,3)41(4,5)39-21-12-15-35(18-21)27(22-8-6-7-9-23(22)32)26-17-33-29(40-26)34-28(36)31(13-14-31)20-10-11-24-25(16-20)38-19-37-24/h6-11,16-17,21,27H,12-15,18-19H2,1-5H3,(H,33,34,36)/t21-,27+/m0/s1. The Morgan fingerprint density at radius 2 is 1.95 bits per heavy atom. The topological polar surface area (TPSA) is 72.9 Å². The smallest absolute Gasteiger partial charge is 0.236 e. The minimum atomic E-state index is -1.89. The molecule has 2 atom stereocenters. The van der Waals surface area contributed by atoms with Crippen molar-refractivity contribution in [3.05, 3.63) is 69.7 Å². The van der Waals surface area contributed by atoms with Crippen molar-refractivity contribution in [2.24, 2.45) is 0 Å². The Morgan fingerprint density at radius 1 is 1.20 bits per heavy atom. The van der Waals surface area contributed by atoms with Gasteiger partial charge in [0, 0.05) is 29.2 Å². The third kappa shape index (κ3) is 5.55. The number of halogens is 1. The number of fused-ring (bicyclic) bond motifs is 1. The highest BCUT2D eigenvalue weighted by Crippen LogP contribution is 2.51. The van der Waals surface area contributed by atoms with Crippen molar-refractivity contribution in [1.82, 2.24) is 9.88 Å². The molecule has 2 aromatic carbocycles. The van der Waals surface area contributed by atoms with Crippen LogP contribution < -0.4 is 14.8 Å². The molecule has 10 heteroatoms. The first kappa shape index (κ1) is 28.7. The summed E-state index contributed by atoms with van der Waals surface area (Å²) in [6.07, 6.45) is 4.64. The Kier molecular flexibility index (Phi) is 7.47. The van der Waals surface area contributed by atoms with Crippen molar-refractivity contribution in [3.8, 4) is 11.5 Å². The van der Waals surface area contributed by atoms with E-state index in [0.717, 1.165) is 59.1 Å². The van der Waals surface area contributed by atoms with Crippen LogP contribution in [0.2, 0.25) is 23.2 Å². The Hall–Kier alpha value is -2.43. The summed E-state index contributed by atoms with van der Waals surface area (Å²) in [7, 11) is -1.89. The molecule has 2 aliphatic heterocycles. The van der Waals surface area contributed by atoms with E-state index in [2.05, 4.69) is 55.1 Å². The lowest BCUT2D eigenvalue weighted by atomic mass is 9.94. The number of aromatic nitrogens is 1. The quantitative estimate of drug-likeness (QED) is 0.268. The lowest BCUT2D eigenvalue weighted by molar-refractivity contribution is -0.118. The summed E-state index contributed by atoms with van der Waals surface area (Å²) in [5, 5.41) is 4.61. The van der Waals surface area contributed by atoms with Crippen LogP contribution in [0.3, 0.4) is 0 Å². The molecule has 6 rings (SSSR count). The zero-order chi connectivity index (χ0) is 29.0. The summed E-state index contributed by atoms with van der Waals surface area (Å²) in [5.74, 6) is 1.39. The van der Waals surface area contributed by atoms with Gasteiger partial charge in [0.05, 0.1) is 17.6 Å². The molecule has 1 saturated carbocycles. The molecule has 3 aliphatic rings. The van der Waals surface area contributed by atoms with E-state index in [1.807, 2.05) is 42.6 Å². The fraction of sp³-hybridized carbons (Fsp3) is 0.484. The monoisotopic (exact) mass is 611 g/mol. The first-order valence-corrected chi connectivity index (χ1v) is 18.4. The van der Waals surface area contributed by atoms with Gasteiger partial charge in [-0.25, -0.2) is 4.98 Å². The van der Waals surface area contributed by atoms with E-state index in [1.165, 1.54) is 11.3 Å². The predicted octanol–water partition coefficient (Wildman–Crippen LogP) is 7.38. The average molecular weight is 612 g/mol. The van der Waals surface area contributed by atoms with Crippen LogP contribution >= 0.6 is 22.9 Å². The number of ether oxygens (including phenoxy) is 2. The number of hydrogen-bond donors (Lipinski definition) is 1. The Balaban J connectivity index is 1.21. The highest BCUT2D eigenvalue weighted by molar-refractivity contribution is 7.15. The van der Waals surface area contributed by atoms with Gasteiger partial charge in [-0.05, 0) is 66.7 Å². The van der Waals surface area contributed by atoms with E-state index in [-0.39, 0.29) is 29.9 Å². The van der Waals surface area contributed by atoms with Gasteiger partial charge >= 0.3 is 0 Å². The molecule has 0 spiro atoms. The van der Waals surface area contributed by atoms with Crippen LogP contribution in [0.5, 0.6) is 11.5 Å². The number of amides is 1. The van der Waals surface area contributed by atoms with Crippen molar-refractivity contribution in [3.63, 3.8) is 0 Å². The molecule has 1 aliphatic carbocycles. The van der Waals surface area contributed by atoms with Crippen LogP contribution in [0.1, 0.15) is 62.1 Å². The van der Waals surface area contributed by atoms with Gasteiger partial charge in [0.25, 0.3) is 0 Å². The van der Waals surface area contributed by atoms with Gasteiger partial charge in [-0.3, -0.25) is 9.69 Å². The van der Waals surface area contributed by atoms with Gasteiger partial charge in [0.1, 0.15) is 0 Å². The molecular weight excluding hydrogens is 574 g/mol. The number of benzene rings is 2. The molecule has 2 fully saturated rings. The number of carbonyl (C=O) groups excluding carboxylic acids is 1. The van der Waals surface area contributed by atoms with Gasteiger partial charge in [0.2, 0.25) is 12.7 Å². The minimum absolute atomic E-state index is 0.0319. The lowest BCUT2D eigenvalue weighted by Crippen LogP contribution is -2.44. The van der Waals surface area contributed by atoms with Crippen LogP contribution in [0, 0.1) is 0 Å². The second kappa shape index (κ2) is 10.7. The summed E-state index contributed by atoms with van der Waals surface area (Å²) in [6, 6.07) is 13.7. The fourth-order valence-electron chi connectivity index (χ4n) is 5.56. The minimum Gasteiger partial charge on any atom is -0.454 e.